The van der Waals surface area contributed by atoms with Crippen molar-refractivity contribution >= 4 is 5.97 Å². The van der Waals surface area contributed by atoms with Gasteiger partial charge >= 0.3 is 5.97 Å². The van der Waals surface area contributed by atoms with E-state index in [0.29, 0.717) is 6.42 Å². The molecule has 2 nitrogen and oxygen atoms in total. The van der Waals surface area contributed by atoms with Gasteiger partial charge in [0.2, 0.25) is 0 Å². The van der Waals surface area contributed by atoms with E-state index in [2.05, 4.69) is 5.92 Å². The zero-order valence-electron chi connectivity index (χ0n) is 9.50. The van der Waals surface area contributed by atoms with Gasteiger partial charge in [0, 0.05) is 12.8 Å². The molecule has 0 unspecified atom stereocenters. The van der Waals surface area contributed by atoms with Gasteiger partial charge in [-0.1, -0.05) is 38.5 Å². The van der Waals surface area contributed by atoms with Gasteiger partial charge < -0.3 is 5.11 Å². The number of aliphatic carboxylic acids is 1. The number of hydrogen-bond donors (Lipinski definition) is 1. The average Bonchev–Trinajstić information content (AvgIpc) is 2.20. The molecule has 1 N–H and O–H groups in total. The smallest absolute Gasteiger partial charge is 0.303 e. The monoisotopic (exact) mass is 210 g/mol. The third kappa shape index (κ3) is 13.0. The fourth-order valence-electron chi connectivity index (χ4n) is 1.56. The second-order valence-corrected chi connectivity index (χ2v) is 3.93. The summed E-state index contributed by atoms with van der Waals surface area (Å²) in [6.07, 6.45) is 15.6. The lowest BCUT2D eigenvalue weighted by molar-refractivity contribution is -0.137. The average molecular weight is 210 g/mol. The van der Waals surface area contributed by atoms with Crippen LogP contribution in [0.3, 0.4) is 0 Å². The van der Waals surface area contributed by atoms with E-state index in [1.54, 1.807) is 0 Å². The van der Waals surface area contributed by atoms with E-state index >= 15 is 0 Å². The van der Waals surface area contributed by atoms with Gasteiger partial charge in [-0.25, -0.2) is 0 Å². The summed E-state index contributed by atoms with van der Waals surface area (Å²) in [6.45, 7) is 0. The van der Waals surface area contributed by atoms with Crippen molar-refractivity contribution in [3.8, 4) is 12.3 Å². The lowest BCUT2D eigenvalue weighted by atomic mass is 10.1. The van der Waals surface area contributed by atoms with Crippen molar-refractivity contribution in [1.82, 2.24) is 0 Å². The van der Waals surface area contributed by atoms with Crippen molar-refractivity contribution in [1.29, 1.82) is 0 Å². The second kappa shape index (κ2) is 11.1. The Labute approximate surface area is 93.1 Å². The second-order valence-electron chi connectivity index (χ2n) is 3.93. The lowest BCUT2D eigenvalue weighted by Gasteiger charge is -2.00. The van der Waals surface area contributed by atoms with Gasteiger partial charge in [-0.2, -0.15) is 0 Å². The summed E-state index contributed by atoms with van der Waals surface area (Å²) in [5, 5.41) is 8.42. The van der Waals surface area contributed by atoms with E-state index in [-0.39, 0.29) is 0 Å². The first-order chi connectivity index (χ1) is 7.27. The summed E-state index contributed by atoms with van der Waals surface area (Å²) >= 11 is 0. The van der Waals surface area contributed by atoms with Crippen molar-refractivity contribution in [3.63, 3.8) is 0 Å². The Morgan fingerprint density at radius 1 is 0.933 bits per heavy atom. The maximum absolute atomic E-state index is 10.2. The van der Waals surface area contributed by atoms with Gasteiger partial charge in [0.25, 0.3) is 0 Å². The Morgan fingerprint density at radius 3 is 1.87 bits per heavy atom. The predicted molar refractivity (Wildman–Crippen MR) is 62.6 cm³/mol. The summed E-state index contributed by atoms with van der Waals surface area (Å²) < 4.78 is 0. The van der Waals surface area contributed by atoms with Gasteiger partial charge in [-0.05, 0) is 12.8 Å². The molecular formula is C13H22O2. The SMILES string of the molecule is C#CCCCCCCCCCCC(=O)O. The molecular weight excluding hydrogens is 188 g/mol. The fourth-order valence-corrected chi connectivity index (χ4v) is 1.56. The van der Waals surface area contributed by atoms with Gasteiger partial charge in [-0.3, -0.25) is 4.79 Å². The standard InChI is InChI=1S/C13H22O2/c1-2-3-4-5-6-7-8-9-10-11-12-13(14)15/h1H,3-12H2,(H,14,15). The lowest BCUT2D eigenvalue weighted by Crippen LogP contribution is -1.93. The molecule has 2 heteroatoms. The molecule has 0 aromatic heterocycles. The van der Waals surface area contributed by atoms with Crippen molar-refractivity contribution in [2.75, 3.05) is 0 Å². The Kier molecular flexibility index (Phi) is 10.4. The third-order valence-corrected chi connectivity index (χ3v) is 2.46. The summed E-state index contributed by atoms with van der Waals surface area (Å²) in [6, 6.07) is 0. The van der Waals surface area contributed by atoms with E-state index in [1.165, 1.54) is 32.1 Å². The molecule has 0 spiro atoms. The molecule has 86 valence electrons. The number of carboxylic acid groups (broad SMARTS) is 1. The van der Waals surface area contributed by atoms with Crippen molar-refractivity contribution in [2.24, 2.45) is 0 Å². The summed E-state index contributed by atoms with van der Waals surface area (Å²) in [5.74, 6) is 1.96. The maximum Gasteiger partial charge on any atom is 0.303 e. The molecule has 0 saturated heterocycles. The Bertz CT molecular complexity index is 191. The molecule has 0 aliphatic heterocycles. The normalized spacial score (nSPS) is 9.80. The molecule has 0 amide bonds. The first-order valence-electron chi connectivity index (χ1n) is 5.92. The zero-order chi connectivity index (χ0) is 11.4. The first kappa shape index (κ1) is 14.0. The number of terminal acetylenes is 1. The summed E-state index contributed by atoms with van der Waals surface area (Å²) in [4.78, 5) is 10.2. The summed E-state index contributed by atoms with van der Waals surface area (Å²) in [7, 11) is 0. The Morgan fingerprint density at radius 2 is 1.40 bits per heavy atom. The van der Waals surface area contributed by atoms with Crippen LogP contribution < -0.4 is 0 Å². The van der Waals surface area contributed by atoms with Crippen LogP contribution in [0.1, 0.15) is 64.2 Å². The van der Waals surface area contributed by atoms with E-state index in [4.69, 9.17) is 11.5 Å². The van der Waals surface area contributed by atoms with Crippen LogP contribution in [0, 0.1) is 12.3 Å². The number of rotatable bonds is 10. The van der Waals surface area contributed by atoms with E-state index in [9.17, 15) is 4.79 Å². The molecule has 0 heterocycles. The number of carbonyl (C=O) groups is 1. The molecule has 0 fully saturated rings. The van der Waals surface area contributed by atoms with E-state index in [1.807, 2.05) is 0 Å². The highest BCUT2D eigenvalue weighted by molar-refractivity contribution is 5.66. The van der Waals surface area contributed by atoms with Crippen molar-refractivity contribution in [2.45, 2.75) is 64.2 Å². The van der Waals surface area contributed by atoms with Crippen LogP contribution in [-0.4, -0.2) is 11.1 Å². The number of unbranched alkanes of at least 4 members (excludes halogenated alkanes) is 8. The molecule has 0 aliphatic rings. The number of carboxylic acids is 1. The fraction of sp³-hybridized carbons (Fsp3) is 0.769. The van der Waals surface area contributed by atoms with Crippen LogP contribution in [-0.2, 0) is 4.79 Å². The molecule has 0 bridgehead atoms. The van der Waals surface area contributed by atoms with Crippen LogP contribution in [0.25, 0.3) is 0 Å². The van der Waals surface area contributed by atoms with Crippen LogP contribution in [0.4, 0.5) is 0 Å². The maximum atomic E-state index is 10.2. The Hall–Kier alpha value is -0.970. The topological polar surface area (TPSA) is 37.3 Å². The Balaban J connectivity index is 2.93. The minimum atomic E-state index is -0.677. The minimum absolute atomic E-state index is 0.322. The van der Waals surface area contributed by atoms with Crippen LogP contribution in [0.15, 0.2) is 0 Å². The van der Waals surface area contributed by atoms with Crippen LogP contribution in [0.5, 0.6) is 0 Å². The highest BCUT2D eigenvalue weighted by atomic mass is 16.4. The van der Waals surface area contributed by atoms with Gasteiger partial charge in [0.1, 0.15) is 0 Å². The first-order valence-corrected chi connectivity index (χ1v) is 5.92. The minimum Gasteiger partial charge on any atom is -0.481 e. The molecule has 0 rings (SSSR count). The molecule has 0 atom stereocenters. The van der Waals surface area contributed by atoms with E-state index < -0.39 is 5.97 Å². The van der Waals surface area contributed by atoms with Crippen molar-refractivity contribution < 1.29 is 9.90 Å². The highest BCUT2D eigenvalue weighted by Crippen LogP contribution is 2.10. The van der Waals surface area contributed by atoms with E-state index in [0.717, 1.165) is 25.7 Å². The molecule has 0 radical (unpaired) electrons. The molecule has 15 heavy (non-hydrogen) atoms. The predicted octanol–water partition coefficient (Wildman–Crippen LogP) is 3.61. The summed E-state index contributed by atoms with van der Waals surface area (Å²) in [5.41, 5.74) is 0. The van der Waals surface area contributed by atoms with Gasteiger partial charge in [0.15, 0.2) is 0 Å². The molecule has 0 aliphatic carbocycles. The van der Waals surface area contributed by atoms with Crippen LogP contribution in [0.2, 0.25) is 0 Å². The van der Waals surface area contributed by atoms with Gasteiger partial charge in [-0.15, -0.1) is 12.3 Å². The molecule has 0 aromatic rings. The highest BCUT2D eigenvalue weighted by Gasteiger charge is 1.96. The quantitative estimate of drug-likeness (QED) is 0.442. The van der Waals surface area contributed by atoms with Gasteiger partial charge in [0.05, 0.1) is 0 Å². The molecule has 0 saturated carbocycles. The largest absolute Gasteiger partial charge is 0.481 e. The van der Waals surface area contributed by atoms with Crippen molar-refractivity contribution in [3.05, 3.63) is 0 Å². The molecule has 0 aromatic carbocycles. The third-order valence-electron chi connectivity index (χ3n) is 2.46. The van der Waals surface area contributed by atoms with Crippen LogP contribution >= 0.6 is 0 Å². The number of hydrogen-bond acceptors (Lipinski definition) is 1. The zero-order valence-corrected chi connectivity index (χ0v) is 9.50.